The second-order valence-electron chi connectivity index (χ2n) is 2.55. The van der Waals surface area contributed by atoms with Gasteiger partial charge < -0.3 is 0 Å². The fraction of sp³-hybridized carbons (Fsp3) is 0.250. The molecule has 0 aromatic carbocycles. The maximum Gasteiger partial charge on any atom is 0.302 e. The van der Waals surface area contributed by atoms with Gasteiger partial charge >= 0.3 is 5.91 Å². The van der Waals surface area contributed by atoms with E-state index >= 15 is 0 Å². The summed E-state index contributed by atoms with van der Waals surface area (Å²) in [5.41, 5.74) is 0. The van der Waals surface area contributed by atoms with Gasteiger partial charge in [-0.1, -0.05) is 6.07 Å². The smallest absolute Gasteiger partial charge is 0.278 e. The number of likely N-dealkylation sites (N-methyl/N-ethyl adjacent to an activating group) is 1. The van der Waals surface area contributed by atoms with Crippen LogP contribution in [0.15, 0.2) is 30.6 Å². The van der Waals surface area contributed by atoms with Crippen molar-refractivity contribution in [1.29, 1.82) is 0 Å². The zero-order valence-corrected chi connectivity index (χ0v) is 6.97. The quantitative estimate of drug-likeness (QED) is 0.273. The highest BCUT2D eigenvalue weighted by atomic mass is 16.2. The Morgan fingerprint density at radius 3 is 2.50 bits per heavy atom. The Balaban J connectivity index is 2.59. The maximum atomic E-state index is 11.1. The van der Waals surface area contributed by atoms with Crippen molar-refractivity contribution >= 4 is 5.91 Å². The summed E-state index contributed by atoms with van der Waals surface area (Å²) in [5, 5.41) is 1.08. The van der Waals surface area contributed by atoms with Crippen LogP contribution in [0.3, 0.4) is 0 Å². The monoisotopic (exact) mass is 166 g/mol. The van der Waals surface area contributed by atoms with Gasteiger partial charge in [-0.2, -0.15) is 4.57 Å². The zero-order chi connectivity index (χ0) is 8.97. The van der Waals surface area contributed by atoms with Gasteiger partial charge in [0.25, 0.3) is 0 Å². The molecule has 0 atom stereocenters. The van der Waals surface area contributed by atoms with Crippen molar-refractivity contribution in [2.45, 2.75) is 6.54 Å². The minimum absolute atomic E-state index is 0.119. The van der Waals surface area contributed by atoms with E-state index in [1.54, 1.807) is 4.57 Å². The number of hydrazine groups is 1. The Morgan fingerprint density at radius 2 is 2.00 bits per heavy atom. The fourth-order valence-electron chi connectivity index (χ4n) is 0.807. The summed E-state index contributed by atoms with van der Waals surface area (Å²) in [7, 11) is 1.53. The number of pyridine rings is 1. The third-order valence-corrected chi connectivity index (χ3v) is 1.49. The molecule has 4 nitrogen and oxygen atoms in total. The van der Waals surface area contributed by atoms with Crippen molar-refractivity contribution in [2.24, 2.45) is 5.84 Å². The highest BCUT2D eigenvalue weighted by Crippen LogP contribution is 1.79. The van der Waals surface area contributed by atoms with Crippen LogP contribution in [0, 0.1) is 0 Å². The van der Waals surface area contributed by atoms with Gasteiger partial charge in [0.15, 0.2) is 12.4 Å². The van der Waals surface area contributed by atoms with E-state index < -0.39 is 0 Å². The number of carbonyl (C=O) groups is 1. The van der Waals surface area contributed by atoms with Crippen molar-refractivity contribution in [1.82, 2.24) is 5.01 Å². The third kappa shape index (κ3) is 2.32. The molecule has 0 spiro atoms. The normalized spacial score (nSPS) is 9.50. The van der Waals surface area contributed by atoms with Crippen molar-refractivity contribution in [3.63, 3.8) is 0 Å². The van der Waals surface area contributed by atoms with Gasteiger partial charge in [0.1, 0.15) is 0 Å². The highest BCUT2D eigenvalue weighted by molar-refractivity contribution is 5.73. The second-order valence-corrected chi connectivity index (χ2v) is 2.55. The molecule has 1 heterocycles. The van der Waals surface area contributed by atoms with Crippen LogP contribution in [0.1, 0.15) is 0 Å². The Morgan fingerprint density at radius 1 is 1.42 bits per heavy atom. The van der Waals surface area contributed by atoms with Gasteiger partial charge in [-0.05, 0) is 0 Å². The number of nitrogens with zero attached hydrogens (tertiary/aromatic N) is 2. The summed E-state index contributed by atoms with van der Waals surface area (Å²) in [6, 6.07) is 5.63. The average molecular weight is 166 g/mol. The predicted octanol–water partition coefficient (Wildman–Crippen LogP) is -0.694. The van der Waals surface area contributed by atoms with Crippen molar-refractivity contribution in [3.8, 4) is 0 Å². The summed E-state index contributed by atoms with van der Waals surface area (Å²) in [5.74, 6) is 5.13. The van der Waals surface area contributed by atoms with E-state index in [9.17, 15) is 4.79 Å². The second kappa shape index (κ2) is 3.82. The van der Waals surface area contributed by atoms with Crippen molar-refractivity contribution in [2.75, 3.05) is 7.05 Å². The Kier molecular flexibility index (Phi) is 2.76. The number of nitrogens with two attached hydrogens (primary N) is 1. The zero-order valence-electron chi connectivity index (χ0n) is 6.97. The molecular weight excluding hydrogens is 154 g/mol. The van der Waals surface area contributed by atoms with E-state index in [4.69, 9.17) is 5.84 Å². The van der Waals surface area contributed by atoms with Gasteiger partial charge in [0.2, 0.25) is 6.54 Å². The minimum Gasteiger partial charge on any atom is -0.278 e. The molecule has 0 aliphatic carbocycles. The molecule has 0 unspecified atom stereocenters. The fourth-order valence-corrected chi connectivity index (χ4v) is 0.807. The lowest BCUT2D eigenvalue weighted by atomic mass is 10.4. The molecule has 0 radical (unpaired) electrons. The Labute approximate surface area is 71.2 Å². The molecular formula is C8H12N3O+. The minimum atomic E-state index is -0.119. The van der Waals surface area contributed by atoms with E-state index in [1.165, 1.54) is 7.05 Å². The van der Waals surface area contributed by atoms with E-state index in [-0.39, 0.29) is 12.5 Å². The SMILES string of the molecule is CN(N)C(=O)C[n+]1ccccc1. The molecule has 1 rings (SSSR count). The van der Waals surface area contributed by atoms with Crippen LogP contribution in [0.25, 0.3) is 0 Å². The molecule has 0 aliphatic heterocycles. The van der Waals surface area contributed by atoms with Crippen LogP contribution in [-0.2, 0) is 11.3 Å². The standard InChI is InChI=1S/C8H12N3O/c1-10(9)8(12)7-11-5-3-2-4-6-11/h2-6H,7,9H2,1H3/q+1. The van der Waals surface area contributed by atoms with Crippen LogP contribution in [-0.4, -0.2) is 18.0 Å². The first-order valence-electron chi connectivity index (χ1n) is 3.65. The number of hydrogen-bond acceptors (Lipinski definition) is 2. The Bertz CT molecular complexity index is 258. The van der Waals surface area contributed by atoms with Crippen LogP contribution < -0.4 is 10.4 Å². The lowest BCUT2D eigenvalue weighted by molar-refractivity contribution is -0.685. The van der Waals surface area contributed by atoms with Gasteiger partial charge in [-0.25, -0.2) is 5.84 Å². The molecule has 2 N–H and O–H groups in total. The van der Waals surface area contributed by atoms with E-state index in [0.29, 0.717) is 0 Å². The molecule has 64 valence electrons. The van der Waals surface area contributed by atoms with Gasteiger partial charge in [-0.15, -0.1) is 0 Å². The largest absolute Gasteiger partial charge is 0.302 e. The molecule has 0 bridgehead atoms. The van der Waals surface area contributed by atoms with E-state index in [2.05, 4.69) is 0 Å². The van der Waals surface area contributed by atoms with E-state index in [1.807, 2.05) is 30.6 Å². The number of aromatic nitrogens is 1. The van der Waals surface area contributed by atoms with Gasteiger partial charge in [0.05, 0.1) is 0 Å². The summed E-state index contributed by atoms with van der Waals surface area (Å²) in [6.45, 7) is 0.286. The lowest BCUT2D eigenvalue weighted by Gasteiger charge is -2.05. The maximum absolute atomic E-state index is 11.1. The molecule has 0 fully saturated rings. The van der Waals surface area contributed by atoms with Crippen molar-refractivity contribution in [3.05, 3.63) is 30.6 Å². The summed E-state index contributed by atoms with van der Waals surface area (Å²) >= 11 is 0. The lowest BCUT2D eigenvalue weighted by Crippen LogP contribution is -2.45. The number of hydrogen-bond donors (Lipinski definition) is 1. The molecule has 12 heavy (non-hydrogen) atoms. The predicted molar refractivity (Wildman–Crippen MR) is 43.6 cm³/mol. The average Bonchev–Trinajstić information content (AvgIpc) is 2.06. The van der Waals surface area contributed by atoms with Crippen LogP contribution in [0.2, 0.25) is 0 Å². The highest BCUT2D eigenvalue weighted by Gasteiger charge is 2.09. The number of rotatable bonds is 2. The molecule has 0 saturated carbocycles. The number of amides is 1. The molecule has 1 aromatic heterocycles. The molecule has 1 aromatic rings. The summed E-state index contributed by atoms with van der Waals surface area (Å²) in [6.07, 6.45) is 3.64. The first-order valence-corrected chi connectivity index (χ1v) is 3.65. The molecule has 0 saturated heterocycles. The summed E-state index contributed by atoms with van der Waals surface area (Å²) < 4.78 is 1.77. The molecule has 1 amide bonds. The first-order chi connectivity index (χ1) is 5.70. The summed E-state index contributed by atoms with van der Waals surface area (Å²) in [4.78, 5) is 11.1. The van der Waals surface area contributed by atoms with Gasteiger partial charge in [0, 0.05) is 19.2 Å². The topological polar surface area (TPSA) is 50.2 Å². The first kappa shape index (κ1) is 8.67. The Hall–Kier alpha value is -1.42. The van der Waals surface area contributed by atoms with Crippen LogP contribution in [0.4, 0.5) is 0 Å². The van der Waals surface area contributed by atoms with E-state index in [0.717, 1.165) is 5.01 Å². The van der Waals surface area contributed by atoms with Crippen molar-refractivity contribution < 1.29 is 9.36 Å². The van der Waals surface area contributed by atoms with Crippen LogP contribution >= 0.6 is 0 Å². The number of carbonyl (C=O) groups excluding carboxylic acids is 1. The van der Waals surface area contributed by atoms with Crippen LogP contribution in [0.5, 0.6) is 0 Å². The third-order valence-electron chi connectivity index (χ3n) is 1.49. The molecule has 0 aliphatic rings. The van der Waals surface area contributed by atoms with Gasteiger partial charge in [-0.3, -0.25) is 9.80 Å². The molecule has 4 heteroatoms.